The molecule has 1 unspecified atom stereocenters. The summed E-state index contributed by atoms with van der Waals surface area (Å²) in [5.74, 6) is 0.975. The van der Waals surface area contributed by atoms with Crippen LogP contribution in [0, 0.1) is 5.92 Å². The molecule has 2 N–H and O–H groups in total. The Bertz CT molecular complexity index is 462. The molecule has 5 heteroatoms. The van der Waals surface area contributed by atoms with Crippen LogP contribution in [-0.2, 0) is 4.74 Å². The van der Waals surface area contributed by atoms with Crippen LogP contribution in [0.15, 0.2) is 12.3 Å². The summed E-state index contributed by atoms with van der Waals surface area (Å²) in [5, 5.41) is 0. The number of hydrogen-bond acceptors (Lipinski definition) is 5. The number of anilines is 2. The molecule has 0 aliphatic carbocycles. The van der Waals surface area contributed by atoms with Gasteiger partial charge in [0.2, 0.25) is 0 Å². The van der Waals surface area contributed by atoms with E-state index in [0.717, 1.165) is 25.9 Å². The van der Waals surface area contributed by atoms with Crippen molar-refractivity contribution in [2.75, 3.05) is 30.8 Å². The molecule has 2 rings (SSSR count). The van der Waals surface area contributed by atoms with Crippen molar-refractivity contribution in [2.45, 2.75) is 26.2 Å². The predicted octanol–water partition coefficient (Wildman–Crippen LogP) is 2.08. The zero-order valence-electron chi connectivity index (χ0n) is 11.6. The van der Waals surface area contributed by atoms with Crippen LogP contribution in [0.25, 0.3) is 0 Å². The molecule has 2 heterocycles. The first-order chi connectivity index (χ1) is 9.17. The maximum absolute atomic E-state index is 11.6. The molecule has 1 aromatic rings. The number of pyridine rings is 1. The maximum Gasteiger partial charge on any atom is 0.340 e. The first-order valence-corrected chi connectivity index (χ1v) is 6.75. The zero-order valence-corrected chi connectivity index (χ0v) is 11.6. The van der Waals surface area contributed by atoms with Crippen LogP contribution in [0.1, 0.15) is 36.5 Å². The fourth-order valence-electron chi connectivity index (χ4n) is 2.59. The highest BCUT2D eigenvalue weighted by atomic mass is 16.5. The van der Waals surface area contributed by atoms with Crippen LogP contribution >= 0.6 is 0 Å². The summed E-state index contributed by atoms with van der Waals surface area (Å²) < 4.78 is 4.74. The Hall–Kier alpha value is -1.78. The fourth-order valence-corrected chi connectivity index (χ4v) is 2.59. The minimum Gasteiger partial charge on any atom is -0.465 e. The van der Waals surface area contributed by atoms with E-state index < -0.39 is 5.97 Å². The fraction of sp³-hybridized carbons (Fsp3) is 0.571. The Morgan fingerprint density at radius 2 is 2.42 bits per heavy atom. The van der Waals surface area contributed by atoms with Crippen molar-refractivity contribution in [3.05, 3.63) is 17.8 Å². The molecule has 1 aromatic heterocycles. The first-order valence-electron chi connectivity index (χ1n) is 6.75. The van der Waals surface area contributed by atoms with Crippen molar-refractivity contribution in [1.82, 2.24) is 4.98 Å². The summed E-state index contributed by atoms with van der Waals surface area (Å²) in [4.78, 5) is 18.2. The second kappa shape index (κ2) is 5.91. The van der Waals surface area contributed by atoms with E-state index in [1.54, 1.807) is 12.3 Å². The van der Waals surface area contributed by atoms with Gasteiger partial charge < -0.3 is 15.4 Å². The van der Waals surface area contributed by atoms with E-state index in [-0.39, 0.29) is 0 Å². The minimum atomic E-state index is -0.412. The van der Waals surface area contributed by atoms with E-state index in [4.69, 9.17) is 10.5 Å². The van der Waals surface area contributed by atoms with E-state index in [2.05, 4.69) is 16.8 Å². The first kappa shape index (κ1) is 13.6. The standard InChI is InChI=1S/C14H21N3O2/c1-3-10-5-4-8-17(9-10)13-12(15)11(6-7-16-13)14(18)19-2/h6-7,10H,3-5,8-9,15H2,1-2H3. The summed E-state index contributed by atoms with van der Waals surface area (Å²) >= 11 is 0. The number of piperidine rings is 1. The number of carbonyl (C=O) groups excluding carboxylic acids is 1. The third kappa shape index (κ3) is 2.80. The lowest BCUT2D eigenvalue weighted by atomic mass is 9.95. The maximum atomic E-state index is 11.6. The number of nitrogen functional groups attached to an aromatic ring is 1. The van der Waals surface area contributed by atoms with Gasteiger partial charge in [-0.25, -0.2) is 9.78 Å². The van der Waals surface area contributed by atoms with Gasteiger partial charge in [0, 0.05) is 19.3 Å². The van der Waals surface area contributed by atoms with E-state index >= 15 is 0 Å². The average Bonchev–Trinajstić information content (AvgIpc) is 2.46. The van der Waals surface area contributed by atoms with Gasteiger partial charge in [-0.2, -0.15) is 0 Å². The lowest BCUT2D eigenvalue weighted by molar-refractivity contribution is 0.0602. The van der Waals surface area contributed by atoms with Crippen LogP contribution in [0.5, 0.6) is 0 Å². The summed E-state index contributed by atoms with van der Waals surface area (Å²) in [7, 11) is 1.36. The molecule has 1 atom stereocenters. The predicted molar refractivity (Wildman–Crippen MR) is 75.2 cm³/mol. The molecule has 1 aliphatic heterocycles. The second-order valence-electron chi connectivity index (χ2n) is 4.95. The molecule has 0 spiro atoms. The Morgan fingerprint density at radius 3 is 3.11 bits per heavy atom. The molecular formula is C14H21N3O2. The number of rotatable bonds is 3. The van der Waals surface area contributed by atoms with Crippen LogP contribution < -0.4 is 10.6 Å². The zero-order chi connectivity index (χ0) is 13.8. The Labute approximate surface area is 113 Å². The Morgan fingerprint density at radius 1 is 1.63 bits per heavy atom. The Kier molecular flexibility index (Phi) is 4.24. The van der Waals surface area contributed by atoms with E-state index in [1.807, 2.05) is 0 Å². The number of ether oxygens (including phenoxy) is 1. The molecule has 104 valence electrons. The van der Waals surface area contributed by atoms with Crippen LogP contribution in [-0.4, -0.2) is 31.2 Å². The number of methoxy groups -OCH3 is 1. The molecule has 0 radical (unpaired) electrons. The van der Waals surface area contributed by atoms with Gasteiger partial charge in [-0.1, -0.05) is 13.3 Å². The van der Waals surface area contributed by atoms with Crippen molar-refractivity contribution < 1.29 is 9.53 Å². The van der Waals surface area contributed by atoms with Crippen molar-refractivity contribution in [3.63, 3.8) is 0 Å². The number of nitrogens with two attached hydrogens (primary N) is 1. The lowest BCUT2D eigenvalue weighted by Crippen LogP contribution is -2.36. The topological polar surface area (TPSA) is 68.5 Å². The molecule has 19 heavy (non-hydrogen) atoms. The van der Waals surface area contributed by atoms with Gasteiger partial charge in [-0.05, 0) is 24.8 Å². The van der Waals surface area contributed by atoms with Gasteiger partial charge in [-0.15, -0.1) is 0 Å². The van der Waals surface area contributed by atoms with Gasteiger partial charge in [0.1, 0.15) is 0 Å². The number of carbonyl (C=O) groups is 1. The molecular weight excluding hydrogens is 242 g/mol. The molecule has 0 aromatic carbocycles. The molecule has 1 saturated heterocycles. The normalized spacial score (nSPS) is 19.3. The van der Waals surface area contributed by atoms with E-state index in [9.17, 15) is 4.79 Å². The molecule has 1 aliphatic rings. The monoisotopic (exact) mass is 263 g/mol. The number of nitrogens with zero attached hydrogens (tertiary/aromatic N) is 2. The smallest absolute Gasteiger partial charge is 0.340 e. The minimum absolute atomic E-state index is 0.395. The van der Waals surface area contributed by atoms with Crippen LogP contribution in [0.3, 0.4) is 0 Å². The second-order valence-corrected chi connectivity index (χ2v) is 4.95. The molecule has 5 nitrogen and oxygen atoms in total. The molecule has 0 bridgehead atoms. The van der Waals surface area contributed by atoms with Gasteiger partial charge >= 0.3 is 5.97 Å². The molecule has 0 amide bonds. The van der Waals surface area contributed by atoms with Crippen molar-refractivity contribution in [2.24, 2.45) is 5.92 Å². The third-order valence-corrected chi connectivity index (χ3v) is 3.77. The number of aromatic nitrogens is 1. The largest absolute Gasteiger partial charge is 0.465 e. The van der Waals surface area contributed by atoms with Gasteiger partial charge in [0.25, 0.3) is 0 Å². The molecule has 1 fully saturated rings. The quantitative estimate of drug-likeness (QED) is 0.846. The van der Waals surface area contributed by atoms with Crippen LogP contribution in [0.2, 0.25) is 0 Å². The lowest BCUT2D eigenvalue weighted by Gasteiger charge is -2.34. The van der Waals surface area contributed by atoms with Crippen molar-refractivity contribution in [3.8, 4) is 0 Å². The highest BCUT2D eigenvalue weighted by Gasteiger charge is 2.23. The third-order valence-electron chi connectivity index (χ3n) is 3.77. The average molecular weight is 263 g/mol. The van der Waals surface area contributed by atoms with E-state index in [0.29, 0.717) is 23.0 Å². The molecule has 0 saturated carbocycles. The van der Waals surface area contributed by atoms with Gasteiger partial charge in [-0.3, -0.25) is 0 Å². The summed E-state index contributed by atoms with van der Waals surface area (Å²) in [6, 6.07) is 1.60. The van der Waals surface area contributed by atoms with Crippen molar-refractivity contribution >= 4 is 17.5 Å². The number of hydrogen-bond donors (Lipinski definition) is 1. The highest BCUT2D eigenvalue weighted by molar-refractivity contribution is 5.97. The van der Waals surface area contributed by atoms with Crippen LogP contribution in [0.4, 0.5) is 11.5 Å². The number of esters is 1. The summed E-state index contributed by atoms with van der Waals surface area (Å²) in [6.45, 7) is 4.10. The summed E-state index contributed by atoms with van der Waals surface area (Å²) in [5.41, 5.74) is 6.89. The highest BCUT2D eigenvalue weighted by Crippen LogP contribution is 2.29. The Balaban J connectivity index is 2.27. The summed E-state index contributed by atoms with van der Waals surface area (Å²) in [6.07, 6.45) is 5.17. The SMILES string of the molecule is CCC1CCCN(c2nccc(C(=O)OC)c2N)C1. The van der Waals surface area contributed by atoms with E-state index in [1.165, 1.54) is 13.5 Å². The van der Waals surface area contributed by atoms with Crippen molar-refractivity contribution in [1.29, 1.82) is 0 Å². The van der Waals surface area contributed by atoms with Gasteiger partial charge in [0.05, 0.1) is 18.4 Å². The van der Waals surface area contributed by atoms with Gasteiger partial charge in [0.15, 0.2) is 5.82 Å².